The molecule has 0 saturated heterocycles. The fourth-order valence-corrected chi connectivity index (χ4v) is 1.65. The number of pyridine rings is 2. The molecule has 2 aromatic rings. The second kappa shape index (κ2) is 4.29. The third kappa shape index (κ3) is 2.27. The van der Waals surface area contributed by atoms with Crippen LogP contribution in [0.4, 0.5) is 18.9 Å². The quantitative estimate of drug-likeness (QED) is 0.849. The highest BCUT2D eigenvalue weighted by atomic mass is 19.4. The van der Waals surface area contributed by atoms with E-state index in [2.05, 4.69) is 9.97 Å². The van der Waals surface area contributed by atoms with Gasteiger partial charge in [-0.05, 0) is 24.6 Å². The standard InChI is InChI=1S/C12H10F3N3/c1-7-4-10(16)11(18-5-7)8-6-17-3-2-9(8)12(13,14)15/h2-6H,16H2,1H3. The third-order valence-corrected chi connectivity index (χ3v) is 2.44. The first-order valence-electron chi connectivity index (χ1n) is 5.13. The summed E-state index contributed by atoms with van der Waals surface area (Å²) in [7, 11) is 0. The van der Waals surface area contributed by atoms with Crippen LogP contribution >= 0.6 is 0 Å². The maximum absolute atomic E-state index is 12.8. The minimum absolute atomic E-state index is 0.0982. The summed E-state index contributed by atoms with van der Waals surface area (Å²) in [6.45, 7) is 1.76. The van der Waals surface area contributed by atoms with Gasteiger partial charge in [-0.3, -0.25) is 9.97 Å². The van der Waals surface area contributed by atoms with E-state index in [1.54, 1.807) is 13.0 Å². The molecule has 0 amide bonds. The van der Waals surface area contributed by atoms with Crippen LogP contribution in [-0.2, 0) is 6.18 Å². The van der Waals surface area contributed by atoms with Crippen molar-refractivity contribution in [1.29, 1.82) is 0 Å². The van der Waals surface area contributed by atoms with Crippen LogP contribution in [0.25, 0.3) is 11.3 Å². The second-order valence-electron chi connectivity index (χ2n) is 3.87. The van der Waals surface area contributed by atoms with Crippen LogP contribution in [0.5, 0.6) is 0 Å². The molecule has 0 fully saturated rings. The van der Waals surface area contributed by atoms with Gasteiger partial charge in [-0.1, -0.05) is 0 Å². The molecule has 2 N–H and O–H groups in total. The van der Waals surface area contributed by atoms with Crippen molar-refractivity contribution in [2.75, 3.05) is 5.73 Å². The predicted octanol–water partition coefficient (Wildman–Crippen LogP) is 3.05. The number of nitrogens with two attached hydrogens (primary N) is 1. The molecule has 2 rings (SSSR count). The molecule has 0 aliphatic carbocycles. The van der Waals surface area contributed by atoms with Crippen LogP contribution in [0.2, 0.25) is 0 Å². The molecule has 0 spiro atoms. The summed E-state index contributed by atoms with van der Waals surface area (Å²) in [6, 6.07) is 2.49. The predicted molar refractivity (Wildman–Crippen MR) is 61.6 cm³/mol. The molecule has 0 atom stereocenters. The van der Waals surface area contributed by atoms with Crippen molar-refractivity contribution >= 4 is 5.69 Å². The number of aromatic nitrogens is 2. The van der Waals surface area contributed by atoms with Gasteiger partial charge in [0.1, 0.15) is 0 Å². The Bertz CT molecular complexity index is 579. The first kappa shape index (κ1) is 12.3. The van der Waals surface area contributed by atoms with E-state index in [1.165, 1.54) is 6.20 Å². The molecule has 0 bridgehead atoms. The fraction of sp³-hybridized carbons (Fsp3) is 0.167. The van der Waals surface area contributed by atoms with E-state index in [4.69, 9.17) is 5.73 Å². The van der Waals surface area contributed by atoms with Crippen molar-refractivity contribution in [2.45, 2.75) is 13.1 Å². The number of hydrogen-bond acceptors (Lipinski definition) is 3. The number of alkyl halides is 3. The lowest BCUT2D eigenvalue weighted by Gasteiger charge is -2.13. The summed E-state index contributed by atoms with van der Waals surface area (Å²) in [5.74, 6) is 0. The molecule has 3 nitrogen and oxygen atoms in total. The van der Waals surface area contributed by atoms with Crippen molar-refractivity contribution in [3.63, 3.8) is 0 Å². The van der Waals surface area contributed by atoms with Gasteiger partial charge in [-0.15, -0.1) is 0 Å². The Morgan fingerprint density at radius 1 is 1.22 bits per heavy atom. The van der Waals surface area contributed by atoms with Crippen LogP contribution in [0, 0.1) is 6.92 Å². The van der Waals surface area contributed by atoms with Crippen LogP contribution in [-0.4, -0.2) is 9.97 Å². The van der Waals surface area contributed by atoms with Gasteiger partial charge < -0.3 is 5.73 Å². The van der Waals surface area contributed by atoms with Gasteiger partial charge in [0.15, 0.2) is 0 Å². The van der Waals surface area contributed by atoms with E-state index in [0.717, 1.165) is 24.0 Å². The average Bonchev–Trinajstić information content (AvgIpc) is 2.28. The molecule has 0 aromatic carbocycles. The van der Waals surface area contributed by atoms with Gasteiger partial charge in [-0.2, -0.15) is 13.2 Å². The maximum atomic E-state index is 12.8. The smallest absolute Gasteiger partial charge is 0.397 e. The molecule has 6 heteroatoms. The zero-order chi connectivity index (χ0) is 13.3. The van der Waals surface area contributed by atoms with E-state index >= 15 is 0 Å². The van der Waals surface area contributed by atoms with Crippen LogP contribution < -0.4 is 5.73 Å². The Kier molecular flexibility index (Phi) is 2.94. The number of halogens is 3. The van der Waals surface area contributed by atoms with E-state index in [1.807, 2.05) is 0 Å². The molecule has 0 saturated carbocycles. The summed E-state index contributed by atoms with van der Waals surface area (Å²) in [6.07, 6.45) is -0.774. The number of anilines is 1. The van der Waals surface area contributed by atoms with Gasteiger partial charge >= 0.3 is 6.18 Å². The molecular weight excluding hydrogens is 243 g/mol. The Morgan fingerprint density at radius 3 is 2.56 bits per heavy atom. The molecule has 0 radical (unpaired) electrons. The minimum Gasteiger partial charge on any atom is -0.397 e. The number of rotatable bonds is 1. The summed E-state index contributed by atoms with van der Waals surface area (Å²) >= 11 is 0. The largest absolute Gasteiger partial charge is 0.417 e. The van der Waals surface area contributed by atoms with Crippen molar-refractivity contribution in [1.82, 2.24) is 9.97 Å². The lowest BCUT2D eigenvalue weighted by Crippen LogP contribution is -2.08. The van der Waals surface area contributed by atoms with Crippen molar-refractivity contribution in [2.24, 2.45) is 0 Å². The first-order chi connectivity index (χ1) is 8.39. The van der Waals surface area contributed by atoms with Crippen LogP contribution in [0.1, 0.15) is 11.1 Å². The van der Waals surface area contributed by atoms with E-state index in [0.29, 0.717) is 0 Å². The number of nitrogens with zero attached hydrogens (tertiary/aromatic N) is 2. The Hall–Kier alpha value is -2.11. The number of hydrogen-bond donors (Lipinski definition) is 1. The van der Waals surface area contributed by atoms with Gasteiger partial charge in [0.2, 0.25) is 0 Å². The van der Waals surface area contributed by atoms with Crippen LogP contribution in [0.3, 0.4) is 0 Å². The van der Waals surface area contributed by atoms with E-state index in [-0.39, 0.29) is 16.9 Å². The Morgan fingerprint density at radius 2 is 1.94 bits per heavy atom. The lowest BCUT2D eigenvalue weighted by atomic mass is 10.0. The number of nitrogen functional groups attached to an aromatic ring is 1. The summed E-state index contributed by atoms with van der Waals surface area (Å²) in [5, 5.41) is 0. The highest BCUT2D eigenvalue weighted by Gasteiger charge is 2.34. The van der Waals surface area contributed by atoms with Crippen molar-refractivity contribution < 1.29 is 13.2 Å². The highest BCUT2D eigenvalue weighted by molar-refractivity contribution is 5.74. The number of aryl methyl sites for hydroxylation is 1. The topological polar surface area (TPSA) is 51.8 Å². The molecular formula is C12H10F3N3. The normalized spacial score (nSPS) is 11.6. The minimum atomic E-state index is -4.46. The molecule has 18 heavy (non-hydrogen) atoms. The van der Waals surface area contributed by atoms with E-state index in [9.17, 15) is 13.2 Å². The summed E-state index contributed by atoms with van der Waals surface area (Å²) < 4.78 is 38.5. The first-order valence-corrected chi connectivity index (χ1v) is 5.13. The molecule has 0 aliphatic heterocycles. The Labute approximate surface area is 101 Å². The van der Waals surface area contributed by atoms with Gasteiger partial charge in [0, 0.05) is 24.2 Å². The third-order valence-electron chi connectivity index (χ3n) is 2.44. The maximum Gasteiger partial charge on any atom is 0.417 e. The van der Waals surface area contributed by atoms with Gasteiger partial charge in [-0.25, -0.2) is 0 Å². The van der Waals surface area contributed by atoms with Crippen molar-refractivity contribution in [3.8, 4) is 11.3 Å². The van der Waals surface area contributed by atoms with Gasteiger partial charge in [0.25, 0.3) is 0 Å². The highest BCUT2D eigenvalue weighted by Crippen LogP contribution is 2.37. The van der Waals surface area contributed by atoms with Gasteiger partial charge in [0.05, 0.1) is 16.9 Å². The van der Waals surface area contributed by atoms with Crippen molar-refractivity contribution in [3.05, 3.63) is 41.9 Å². The second-order valence-corrected chi connectivity index (χ2v) is 3.87. The monoisotopic (exact) mass is 253 g/mol. The molecule has 0 aliphatic rings. The Balaban J connectivity index is 2.64. The lowest BCUT2D eigenvalue weighted by molar-refractivity contribution is -0.137. The zero-order valence-corrected chi connectivity index (χ0v) is 9.49. The fourth-order valence-electron chi connectivity index (χ4n) is 1.65. The molecule has 2 heterocycles. The molecule has 2 aromatic heterocycles. The summed E-state index contributed by atoms with van der Waals surface area (Å²) in [4.78, 5) is 7.66. The van der Waals surface area contributed by atoms with E-state index < -0.39 is 11.7 Å². The molecule has 0 unspecified atom stereocenters. The van der Waals surface area contributed by atoms with Crippen LogP contribution in [0.15, 0.2) is 30.7 Å². The average molecular weight is 253 g/mol. The SMILES string of the molecule is Cc1cnc(-c2cnccc2C(F)(F)F)c(N)c1. The summed E-state index contributed by atoms with van der Waals surface area (Å²) in [5.41, 5.74) is 5.89. The zero-order valence-electron chi connectivity index (χ0n) is 9.49. The molecule has 94 valence electrons.